The molecule has 16 heavy (non-hydrogen) atoms. The molecule has 0 fully saturated rings. The highest BCUT2D eigenvalue weighted by atomic mass is 19.1. The van der Waals surface area contributed by atoms with E-state index in [0.29, 0.717) is 0 Å². The van der Waals surface area contributed by atoms with Crippen LogP contribution >= 0.6 is 0 Å². The zero-order valence-corrected chi connectivity index (χ0v) is 8.91. The number of hydrogen-bond acceptors (Lipinski definition) is 3. The number of aliphatic hydroxyl groups is 1. The first-order valence-corrected chi connectivity index (χ1v) is 4.58. The largest absolute Gasteiger partial charge is 0.381 e. The Morgan fingerprint density at radius 2 is 2.19 bits per heavy atom. The first kappa shape index (κ1) is 12.1. The summed E-state index contributed by atoms with van der Waals surface area (Å²) in [5.41, 5.74) is -1.78. The van der Waals surface area contributed by atoms with E-state index in [1.54, 1.807) is 6.07 Å². The number of nitriles is 1. The van der Waals surface area contributed by atoms with Crippen molar-refractivity contribution in [3.63, 3.8) is 0 Å². The van der Waals surface area contributed by atoms with Gasteiger partial charge in [-0.2, -0.15) is 5.26 Å². The summed E-state index contributed by atoms with van der Waals surface area (Å²) in [6, 6.07) is 5.54. The maximum absolute atomic E-state index is 13.2. The van der Waals surface area contributed by atoms with Gasteiger partial charge in [-0.05, 0) is 26.0 Å². The quantitative estimate of drug-likeness (QED) is 0.794. The number of rotatable bonds is 2. The van der Waals surface area contributed by atoms with Crippen molar-refractivity contribution in [1.82, 2.24) is 0 Å². The van der Waals surface area contributed by atoms with Crippen molar-refractivity contribution in [1.29, 1.82) is 5.26 Å². The van der Waals surface area contributed by atoms with Crippen molar-refractivity contribution in [3.8, 4) is 6.07 Å². The van der Waals surface area contributed by atoms with Crippen molar-refractivity contribution >= 4 is 11.6 Å². The number of benzene rings is 1. The van der Waals surface area contributed by atoms with Gasteiger partial charge in [-0.1, -0.05) is 6.07 Å². The van der Waals surface area contributed by atoms with Gasteiger partial charge in [-0.25, -0.2) is 4.39 Å². The van der Waals surface area contributed by atoms with Crippen LogP contribution in [0.25, 0.3) is 0 Å². The second kappa shape index (κ2) is 4.29. The topological polar surface area (TPSA) is 73.1 Å². The van der Waals surface area contributed by atoms with Gasteiger partial charge in [0.15, 0.2) is 0 Å². The van der Waals surface area contributed by atoms with Gasteiger partial charge >= 0.3 is 0 Å². The fraction of sp³-hybridized carbons (Fsp3) is 0.273. The van der Waals surface area contributed by atoms with E-state index in [0.717, 1.165) is 6.07 Å². The van der Waals surface area contributed by atoms with E-state index in [9.17, 15) is 14.3 Å². The Balaban J connectivity index is 3.04. The van der Waals surface area contributed by atoms with Crippen molar-refractivity contribution in [2.75, 3.05) is 5.32 Å². The molecule has 5 heteroatoms. The number of carbonyl (C=O) groups is 1. The van der Waals surface area contributed by atoms with Crippen LogP contribution < -0.4 is 5.32 Å². The van der Waals surface area contributed by atoms with E-state index in [4.69, 9.17) is 5.26 Å². The Labute approximate surface area is 92.3 Å². The standard InChI is InChI=1S/C11H11FN2O2/c1-11(2,16)10(15)14-9-5-3-4-8(12)7(9)6-13/h3-5,16H,1-2H3,(H,14,15). The summed E-state index contributed by atoms with van der Waals surface area (Å²) in [4.78, 5) is 11.4. The molecule has 0 aliphatic carbocycles. The average Bonchev–Trinajstić information content (AvgIpc) is 2.16. The summed E-state index contributed by atoms with van der Waals surface area (Å²) in [5, 5.41) is 20.4. The molecule has 0 saturated carbocycles. The smallest absolute Gasteiger partial charge is 0.255 e. The molecular weight excluding hydrogens is 211 g/mol. The van der Waals surface area contributed by atoms with Crippen LogP contribution in [0.1, 0.15) is 19.4 Å². The predicted octanol–water partition coefficient (Wildman–Crippen LogP) is 1.41. The van der Waals surface area contributed by atoms with Crippen LogP contribution in [0.2, 0.25) is 0 Å². The number of carbonyl (C=O) groups excluding carboxylic acids is 1. The second-order valence-electron chi connectivity index (χ2n) is 3.79. The Bertz CT molecular complexity index is 458. The molecule has 84 valence electrons. The number of halogens is 1. The predicted molar refractivity (Wildman–Crippen MR) is 56.0 cm³/mol. The minimum atomic E-state index is -1.58. The SMILES string of the molecule is CC(C)(O)C(=O)Nc1cccc(F)c1C#N. The van der Waals surface area contributed by atoms with Crippen molar-refractivity contribution < 1.29 is 14.3 Å². The monoisotopic (exact) mass is 222 g/mol. The molecular formula is C11H11FN2O2. The van der Waals surface area contributed by atoms with Gasteiger partial charge in [-0.15, -0.1) is 0 Å². The minimum absolute atomic E-state index is 0.0506. The van der Waals surface area contributed by atoms with E-state index < -0.39 is 17.3 Å². The van der Waals surface area contributed by atoms with E-state index in [1.165, 1.54) is 26.0 Å². The van der Waals surface area contributed by atoms with Crippen LogP contribution in [0.15, 0.2) is 18.2 Å². The Morgan fingerprint density at radius 1 is 1.56 bits per heavy atom. The Morgan fingerprint density at radius 3 is 2.69 bits per heavy atom. The number of amides is 1. The lowest BCUT2D eigenvalue weighted by molar-refractivity contribution is -0.130. The Kier molecular flexibility index (Phi) is 3.25. The summed E-state index contributed by atoms with van der Waals surface area (Å²) in [6.07, 6.45) is 0. The van der Waals surface area contributed by atoms with Crippen LogP contribution in [0.3, 0.4) is 0 Å². The third-order valence-corrected chi connectivity index (χ3v) is 1.93. The summed E-state index contributed by atoms with van der Waals surface area (Å²) in [7, 11) is 0. The molecule has 0 spiro atoms. The maximum Gasteiger partial charge on any atom is 0.255 e. The van der Waals surface area contributed by atoms with E-state index in [2.05, 4.69) is 5.32 Å². The molecule has 1 aromatic carbocycles. The molecule has 0 unspecified atom stereocenters. The van der Waals surface area contributed by atoms with Gasteiger partial charge in [0, 0.05) is 0 Å². The molecule has 0 heterocycles. The van der Waals surface area contributed by atoms with Crippen LogP contribution in [0, 0.1) is 17.1 Å². The van der Waals surface area contributed by atoms with Crippen molar-refractivity contribution in [2.24, 2.45) is 0 Å². The molecule has 4 nitrogen and oxygen atoms in total. The molecule has 0 atom stereocenters. The van der Waals surface area contributed by atoms with Gasteiger partial charge in [0.25, 0.3) is 5.91 Å². The molecule has 0 saturated heterocycles. The molecule has 1 rings (SSSR count). The van der Waals surface area contributed by atoms with E-state index in [1.807, 2.05) is 0 Å². The number of hydrogen-bond donors (Lipinski definition) is 2. The van der Waals surface area contributed by atoms with Gasteiger partial charge < -0.3 is 10.4 Å². The lowest BCUT2D eigenvalue weighted by Crippen LogP contribution is -2.36. The van der Waals surface area contributed by atoms with Gasteiger partial charge in [-0.3, -0.25) is 4.79 Å². The van der Waals surface area contributed by atoms with Gasteiger partial charge in [0.1, 0.15) is 23.1 Å². The number of nitrogens with zero attached hydrogens (tertiary/aromatic N) is 1. The number of nitrogens with one attached hydrogen (secondary N) is 1. The fourth-order valence-corrected chi connectivity index (χ4v) is 1.02. The molecule has 0 aromatic heterocycles. The molecule has 1 aromatic rings. The molecule has 0 bridgehead atoms. The zero-order valence-electron chi connectivity index (χ0n) is 8.91. The van der Waals surface area contributed by atoms with Crippen LogP contribution in [0.4, 0.5) is 10.1 Å². The molecule has 0 aliphatic rings. The normalized spacial score (nSPS) is 10.7. The average molecular weight is 222 g/mol. The van der Waals surface area contributed by atoms with Crippen LogP contribution in [-0.2, 0) is 4.79 Å². The minimum Gasteiger partial charge on any atom is -0.381 e. The molecule has 2 N–H and O–H groups in total. The third kappa shape index (κ3) is 2.55. The van der Waals surface area contributed by atoms with Crippen molar-refractivity contribution in [3.05, 3.63) is 29.6 Å². The van der Waals surface area contributed by atoms with Crippen LogP contribution in [-0.4, -0.2) is 16.6 Å². The lowest BCUT2D eigenvalue weighted by Gasteiger charge is -2.17. The molecule has 0 radical (unpaired) electrons. The third-order valence-electron chi connectivity index (χ3n) is 1.93. The maximum atomic E-state index is 13.2. The van der Waals surface area contributed by atoms with Crippen LogP contribution in [0.5, 0.6) is 0 Å². The van der Waals surface area contributed by atoms with E-state index in [-0.39, 0.29) is 11.3 Å². The summed E-state index contributed by atoms with van der Waals surface area (Å²) in [6.45, 7) is 2.60. The van der Waals surface area contributed by atoms with Crippen molar-refractivity contribution in [2.45, 2.75) is 19.4 Å². The fourth-order valence-electron chi connectivity index (χ4n) is 1.02. The summed E-state index contributed by atoms with van der Waals surface area (Å²) in [5.74, 6) is -1.41. The highest BCUT2D eigenvalue weighted by Crippen LogP contribution is 2.19. The second-order valence-corrected chi connectivity index (χ2v) is 3.79. The summed E-state index contributed by atoms with van der Waals surface area (Å²) >= 11 is 0. The Hall–Kier alpha value is -1.93. The molecule has 1 amide bonds. The highest BCUT2D eigenvalue weighted by Gasteiger charge is 2.24. The number of anilines is 1. The summed E-state index contributed by atoms with van der Waals surface area (Å²) < 4.78 is 13.2. The lowest BCUT2D eigenvalue weighted by atomic mass is 10.1. The zero-order chi connectivity index (χ0) is 12.3. The van der Waals surface area contributed by atoms with Gasteiger partial charge in [0.2, 0.25) is 0 Å². The van der Waals surface area contributed by atoms with Gasteiger partial charge in [0.05, 0.1) is 5.69 Å². The highest BCUT2D eigenvalue weighted by molar-refractivity contribution is 5.97. The van der Waals surface area contributed by atoms with E-state index >= 15 is 0 Å². The first-order valence-electron chi connectivity index (χ1n) is 4.58. The molecule has 0 aliphatic heterocycles. The first-order chi connectivity index (χ1) is 7.36.